The topological polar surface area (TPSA) is 34.1 Å². The zero-order valence-corrected chi connectivity index (χ0v) is 10.0. The zero-order valence-electron chi connectivity index (χ0n) is 7.62. The molecule has 0 fully saturated rings. The lowest BCUT2D eigenvalue weighted by atomic mass is 10.2. The fraction of sp³-hybridized carbons (Fsp3) is 0.200. The van der Waals surface area contributed by atoms with E-state index in [1.54, 1.807) is 18.2 Å². The monoisotopic (exact) mass is 272 g/mol. The lowest BCUT2D eigenvalue weighted by molar-refractivity contribution is 0.599. The molecule has 0 radical (unpaired) electrons. The van der Waals surface area contributed by atoms with E-state index in [1.165, 1.54) is 0 Å². The van der Waals surface area contributed by atoms with Crippen molar-refractivity contribution in [2.24, 2.45) is 0 Å². The third-order valence-electron chi connectivity index (χ3n) is 1.78. The number of sulfone groups is 1. The van der Waals surface area contributed by atoms with E-state index in [4.69, 9.17) is 6.42 Å². The molecular formula is C10H9BrO2S. The molecule has 1 rings (SSSR count). The van der Waals surface area contributed by atoms with Crippen LogP contribution in [0.3, 0.4) is 0 Å². The van der Waals surface area contributed by atoms with Gasteiger partial charge in [-0.2, -0.15) is 0 Å². The average Bonchev–Trinajstić information content (AvgIpc) is 2.09. The summed E-state index contributed by atoms with van der Waals surface area (Å²) in [6.07, 6.45) is 4.98. The van der Waals surface area contributed by atoms with Crippen molar-refractivity contribution < 1.29 is 8.42 Å². The normalized spacial score (nSPS) is 10.9. The van der Waals surface area contributed by atoms with Gasteiger partial charge in [0.25, 0.3) is 0 Å². The molecule has 0 aliphatic rings. The maximum atomic E-state index is 11.5. The molecule has 0 amide bonds. The molecule has 0 saturated carbocycles. The highest BCUT2D eigenvalue weighted by Crippen LogP contribution is 2.21. The molecule has 0 heterocycles. The number of aryl methyl sites for hydroxylation is 1. The highest BCUT2D eigenvalue weighted by Gasteiger charge is 2.13. The molecule has 0 spiro atoms. The molecule has 0 saturated heterocycles. The van der Waals surface area contributed by atoms with Crippen LogP contribution in [0.25, 0.3) is 0 Å². The summed E-state index contributed by atoms with van der Waals surface area (Å²) >= 11 is 3.27. The second-order valence-corrected chi connectivity index (χ2v) is 5.72. The molecule has 1 aromatic rings. The summed E-state index contributed by atoms with van der Waals surface area (Å²) in [5, 5.41) is 0. The van der Waals surface area contributed by atoms with Crippen molar-refractivity contribution in [2.45, 2.75) is 11.8 Å². The van der Waals surface area contributed by atoms with Crippen LogP contribution in [0.5, 0.6) is 0 Å². The van der Waals surface area contributed by atoms with Crippen LogP contribution in [0.1, 0.15) is 5.56 Å². The minimum Gasteiger partial charge on any atom is -0.223 e. The molecule has 74 valence electrons. The van der Waals surface area contributed by atoms with Crippen molar-refractivity contribution in [3.63, 3.8) is 0 Å². The fourth-order valence-corrected chi connectivity index (χ4v) is 2.45. The van der Waals surface area contributed by atoms with Crippen LogP contribution in [-0.2, 0) is 9.84 Å². The van der Waals surface area contributed by atoms with Gasteiger partial charge in [0.05, 0.1) is 4.90 Å². The Morgan fingerprint density at radius 1 is 1.50 bits per heavy atom. The predicted octanol–water partition coefficient (Wildman–Crippen LogP) is 2.16. The first-order valence-electron chi connectivity index (χ1n) is 3.90. The Hall–Kier alpha value is -0.790. The van der Waals surface area contributed by atoms with Crippen molar-refractivity contribution in [1.82, 2.24) is 0 Å². The second-order valence-electron chi connectivity index (χ2n) is 2.87. The van der Waals surface area contributed by atoms with E-state index < -0.39 is 9.84 Å². The molecule has 4 heteroatoms. The zero-order chi connectivity index (χ0) is 10.8. The van der Waals surface area contributed by atoms with Gasteiger partial charge in [-0.05, 0) is 24.6 Å². The van der Waals surface area contributed by atoms with Gasteiger partial charge < -0.3 is 0 Å². The van der Waals surface area contributed by atoms with Crippen LogP contribution in [0.2, 0.25) is 0 Å². The molecule has 0 unspecified atom stereocenters. The molecule has 1 aromatic carbocycles. The van der Waals surface area contributed by atoms with Crippen LogP contribution < -0.4 is 0 Å². The molecule has 0 aliphatic heterocycles. The summed E-state index contributed by atoms with van der Waals surface area (Å²) in [5.74, 6) is 1.88. The third-order valence-corrected chi connectivity index (χ3v) is 4.15. The highest BCUT2D eigenvalue weighted by molar-refractivity contribution is 9.10. The van der Waals surface area contributed by atoms with E-state index in [-0.39, 0.29) is 10.6 Å². The van der Waals surface area contributed by atoms with Crippen LogP contribution in [0.4, 0.5) is 0 Å². The standard InChI is InChI=1S/C10H9BrO2S/c1-3-6-14(12,13)9-5-4-8(2)10(11)7-9/h1,4-5,7H,6H2,2H3. The maximum absolute atomic E-state index is 11.5. The Morgan fingerprint density at radius 2 is 2.14 bits per heavy atom. The van der Waals surface area contributed by atoms with Gasteiger partial charge in [0.1, 0.15) is 5.75 Å². The molecule has 2 nitrogen and oxygen atoms in total. The minimum absolute atomic E-state index is 0.257. The third kappa shape index (κ3) is 2.37. The molecule has 0 bridgehead atoms. The average molecular weight is 273 g/mol. The van der Waals surface area contributed by atoms with Gasteiger partial charge in [-0.1, -0.05) is 27.9 Å². The van der Waals surface area contributed by atoms with Crippen LogP contribution in [0, 0.1) is 19.3 Å². The molecule has 14 heavy (non-hydrogen) atoms. The summed E-state index contributed by atoms with van der Waals surface area (Å²) in [6, 6.07) is 4.88. The largest absolute Gasteiger partial charge is 0.223 e. The summed E-state index contributed by atoms with van der Waals surface area (Å²) < 4.78 is 23.8. The molecule has 0 aliphatic carbocycles. The van der Waals surface area contributed by atoms with Crippen molar-refractivity contribution in [3.8, 4) is 12.3 Å². The van der Waals surface area contributed by atoms with Crippen molar-refractivity contribution in [1.29, 1.82) is 0 Å². The Balaban J connectivity index is 3.23. The van der Waals surface area contributed by atoms with Crippen molar-refractivity contribution in [3.05, 3.63) is 28.2 Å². The Kier molecular flexibility index (Phi) is 3.35. The summed E-state index contributed by atoms with van der Waals surface area (Å²) in [6.45, 7) is 1.89. The van der Waals surface area contributed by atoms with Crippen LogP contribution in [0.15, 0.2) is 27.6 Å². The van der Waals surface area contributed by atoms with Gasteiger partial charge in [0.2, 0.25) is 0 Å². The SMILES string of the molecule is C#CCS(=O)(=O)c1ccc(C)c(Br)c1. The molecule has 0 atom stereocenters. The first kappa shape index (κ1) is 11.3. The summed E-state index contributed by atoms with van der Waals surface area (Å²) in [4.78, 5) is 0.257. The van der Waals surface area contributed by atoms with E-state index in [2.05, 4.69) is 21.9 Å². The number of hydrogen-bond donors (Lipinski definition) is 0. The molecule has 0 N–H and O–H groups in total. The molecule has 0 aromatic heterocycles. The second kappa shape index (κ2) is 4.16. The summed E-state index contributed by atoms with van der Waals surface area (Å²) in [5.41, 5.74) is 0.990. The van der Waals surface area contributed by atoms with Crippen molar-refractivity contribution >= 4 is 25.8 Å². The minimum atomic E-state index is -3.32. The number of rotatable bonds is 2. The fourth-order valence-electron chi connectivity index (χ4n) is 0.960. The lowest BCUT2D eigenvalue weighted by Gasteiger charge is -2.03. The van der Waals surface area contributed by atoms with Gasteiger partial charge in [-0.15, -0.1) is 6.42 Å². The van der Waals surface area contributed by atoms with E-state index in [9.17, 15) is 8.42 Å². The van der Waals surface area contributed by atoms with Gasteiger partial charge >= 0.3 is 0 Å². The first-order chi connectivity index (χ1) is 6.47. The Bertz CT molecular complexity index is 483. The maximum Gasteiger partial charge on any atom is 0.189 e. The number of halogens is 1. The van der Waals surface area contributed by atoms with Crippen LogP contribution >= 0.6 is 15.9 Å². The van der Waals surface area contributed by atoms with E-state index in [0.29, 0.717) is 0 Å². The smallest absolute Gasteiger partial charge is 0.189 e. The lowest BCUT2D eigenvalue weighted by Crippen LogP contribution is -2.04. The Morgan fingerprint density at radius 3 is 2.64 bits per heavy atom. The number of terminal acetylenes is 1. The van der Waals surface area contributed by atoms with E-state index >= 15 is 0 Å². The highest BCUT2D eigenvalue weighted by atomic mass is 79.9. The molecular weight excluding hydrogens is 264 g/mol. The van der Waals surface area contributed by atoms with E-state index in [1.807, 2.05) is 6.92 Å². The van der Waals surface area contributed by atoms with Gasteiger partial charge in [-0.3, -0.25) is 0 Å². The van der Waals surface area contributed by atoms with E-state index in [0.717, 1.165) is 10.0 Å². The van der Waals surface area contributed by atoms with Crippen molar-refractivity contribution in [2.75, 3.05) is 5.75 Å². The quantitative estimate of drug-likeness (QED) is 0.774. The van der Waals surface area contributed by atoms with Crippen LogP contribution in [-0.4, -0.2) is 14.2 Å². The summed E-state index contributed by atoms with van der Waals surface area (Å²) in [7, 11) is -3.32. The van der Waals surface area contributed by atoms with Gasteiger partial charge in [0.15, 0.2) is 9.84 Å². The first-order valence-corrected chi connectivity index (χ1v) is 6.34. The predicted molar refractivity (Wildman–Crippen MR) is 59.8 cm³/mol. The van der Waals surface area contributed by atoms with Gasteiger partial charge in [0, 0.05) is 4.47 Å². The number of benzene rings is 1. The number of hydrogen-bond acceptors (Lipinski definition) is 2. The van der Waals surface area contributed by atoms with Gasteiger partial charge in [-0.25, -0.2) is 8.42 Å². The Labute approximate surface area is 92.4 Å².